The predicted molar refractivity (Wildman–Crippen MR) is 111 cm³/mol. The highest BCUT2D eigenvalue weighted by molar-refractivity contribution is 7.09. The normalized spacial score (nSPS) is 11.6. The molecule has 0 saturated heterocycles. The fourth-order valence-electron chi connectivity index (χ4n) is 2.96. The first-order valence-electron chi connectivity index (χ1n) is 9.02. The Morgan fingerprint density at radius 1 is 1.30 bits per heavy atom. The van der Waals surface area contributed by atoms with E-state index in [1.165, 1.54) is 5.56 Å². The summed E-state index contributed by atoms with van der Waals surface area (Å²) < 4.78 is 2.20. The van der Waals surface area contributed by atoms with Gasteiger partial charge in [0.2, 0.25) is 0 Å². The molecule has 1 N–H and O–H groups in total. The summed E-state index contributed by atoms with van der Waals surface area (Å²) in [6.45, 7) is 4.39. The van der Waals surface area contributed by atoms with E-state index in [0.29, 0.717) is 0 Å². The van der Waals surface area contributed by atoms with Gasteiger partial charge in [-0.25, -0.2) is 9.97 Å². The molecule has 0 aliphatic rings. The first kappa shape index (κ1) is 19.1. The molecule has 0 unspecified atom stereocenters. The molecule has 3 rings (SSSR count). The average molecular weight is 383 g/mol. The minimum atomic E-state index is 0.743. The van der Waals surface area contributed by atoms with E-state index in [0.717, 1.165) is 48.5 Å². The van der Waals surface area contributed by atoms with Gasteiger partial charge in [-0.3, -0.25) is 4.99 Å². The average Bonchev–Trinajstić information content (AvgIpc) is 3.28. The molecule has 142 valence electrons. The molecule has 2 aromatic heterocycles. The highest BCUT2D eigenvalue weighted by Crippen LogP contribution is 2.10. The Morgan fingerprint density at radius 2 is 2.11 bits per heavy atom. The Balaban J connectivity index is 1.52. The second kappa shape index (κ2) is 9.32. The van der Waals surface area contributed by atoms with Crippen molar-refractivity contribution in [3.63, 3.8) is 0 Å². The van der Waals surface area contributed by atoms with E-state index in [9.17, 15) is 0 Å². The Bertz CT molecular complexity index is 867. The van der Waals surface area contributed by atoms with E-state index in [2.05, 4.69) is 59.4 Å². The second-order valence-corrected chi connectivity index (χ2v) is 7.46. The molecule has 0 amide bonds. The molecule has 0 fully saturated rings. The molecule has 1 aromatic carbocycles. The van der Waals surface area contributed by atoms with Gasteiger partial charge in [0.05, 0.1) is 17.2 Å². The molecule has 0 saturated carbocycles. The molecule has 27 heavy (non-hydrogen) atoms. The van der Waals surface area contributed by atoms with Gasteiger partial charge < -0.3 is 14.8 Å². The molecule has 0 bridgehead atoms. The summed E-state index contributed by atoms with van der Waals surface area (Å²) in [5.41, 5.74) is 2.35. The lowest BCUT2D eigenvalue weighted by molar-refractivity contribution is 0.470. The van der Waals surface area contributed by atoms with Crippen molar-refractivity contribution in [3.05, 3.63) is 70.2 Å². The molecule has 6 nitrogen and oxygen atoms in total. The van der Waals surface area contributed by atoms with Crippen molar-refractivity contribution >= 4 is 17.3 Å². The number of hydrogen-bond acceptors (Lipinski definition) is 4. The number of hydrogen-bond donors (Lipinski definition) is 1. The van der Waals surface area contributed by atoms with Gasteiger partial charge in [0.15, 0.2) is 5.96 Å². The molecule has 0 spiro atoms. The number of aliphatic imine (C=N–C) groups is 1. The first-order valence-corrected chi connectivity index (χ1v) is 9.90. The quantitative estimate of drug-likeness (QED) is 0.504. The van der Waals surface area contributed by atoms with Crippen molar-refractivity contribution in [3.8, 4) is 0 Å². The summed E-state index contributed by atoms with van der Waals surface area (Å²) >= 11 is 1.67. The number of benzene rings is 1. The van der Waals surface area contributed by atoms with Crippen molar-refractivity contribution in [2.75, 3.05) is 20.6 Å². The fourth-order valence-corrected chi connectivity index (χ4v) is 3.57. The molecule has 2 heterocycles. The number of nitrogens with one attached hydrogen (secondary N) is 1. The molecule has 0 aliphatic carbocycles. The van der Waals surface area contributed by atoms with Crippen molar-refractivity contribution < 1.29 is 0 Å². The lowest BCUT2D eigenvalue weighted by Gasteiger charge is -2.21. The molecule has 7 heteroatoms. The van der Waals surface area contributed by atoms with Crippen LogP contribution in [-0.4, -0.2) is 46.0 Å². The molecule has 3 aromatic rings. The lowest BCUT2D eigenvalue weighted by atomic mass is 10.2. The lowest BCUT2D eigenvalue weighted by Crippen LogP contribution is -2.39. The van der Waals surface area contributed by atoms with E-state index in [-0.39, 0.29) is 0 Å². The highest BCUT2D eigenvalue weighted by atomic mass is 32.1. The zero-order valence-corrected chi connectivity index (χ0v) is 16.9. The van der Waals surface area contributed by atoms with Crippen LogP contribution in [0.1, 0.15) is 22.1 Å². The van der Waals surface area contributed by atoms with Crippen LogP contribution in [-0.2, 0) is 19.5 Å². The summed E-state index contributed by atoms with van der Waals surface area (Å²) in [5, 5.41) is 6.61. The van der Waals surface area contributed by atoms with E-state index in [1.54, 1.807) is 11.3 Å². The monoisotopic (exact) mass is 382 g/mol. The predicted octanol–water partition coefficient (Wildman–Crippen LogP) is 2.95. The summed E-state index contributed by atoms with van der Waals surface area (Å²) in [6.07, 6.45) is 4.74. The van der Waals surface area contributed by atoms with Crippen LogP contribution in [0.3, 0.4) is 0 Å². The van der Waals surface area contributed by atoms with Crippen molar-refractivity contribution in [1.82, 2.24) is 24.8 Å². The SMILES string of the molecule is CN=C(NCCc1nccn1Cc1ccccc1)N(C)Cc1csc(C)n1. The van der Waals surface area contributed by atoms with Crippen molar-refractivity contribution in [2.24, 2.45) is 4.99 Å². The van der Waals surface area contributed by atoms with Gasteiger partial charge in [0, 0.05) is 51.4 Å². The number of rotatable bonds is 7. The van der Waals surface area contributed by atoms with Gasteiger partial charge in [-0.2, -0.15) is 0 Å². The van der Waals surface area contributed by atoms with Gasteiger partial charge in [-0.05, 0) is 12.5 Å². The van der Waals surface area contributed by atoms with Crippen LogP contribution in [0, 0.1) is 6.92 Å². The van der Waals surface area contributed by atoms with Gasteiger partial charge >= 0.3 is 0 Å². The topological polar surface area (TPSA) is 58.3 Å². The second-order valence-electron chi connectivity index (χ2n) is 6.39. The maximum absolute atomic E-state index is 4.52. The third-order valence-corrected chi connectivity index (χ3v) is 5.09. The Hall–Kier alpha value is -2.67. The van der Waals surface area contributed by atoms with Crippen LogP contribution < -0.4 is 5.32 Å². The van der Waals surface area contributed by atoms with E-state index in [1.807, 2.05) is 39.5 Å². The third-order valence-electron chi connectivity index (χ3n) is 4.27. The molecular formula is C20H26N6S. The zero-order valence-electron chi connectivity index (χ0n) is 16.1. The Morgan fingerprint density at radius 3 is 2.81 bits per heavy atom. The number of guanidine groups is 1. The van der Waals surface area contributed by atoms with Gasteiger partial charge in [0.1, 0.15) is 5.82 Å². The van der Waals surface area contributed by atoms with Crippen molar-refractivity contribution in [2.45, 2.75) is 26.4 Å². The number of imidazole rings is 1. The zero-order chi connectivity index (χ0) is 19.1. The summed E-state index contributed by atoms with van der Waals surface area (Å²) in [7, 11) is 3.84. The first-order chi connectivity index (χ1) is 13.2. The maximum Gasteiger partial charge on any atom is 0.193 e. The fraction of sp³-hybridized carbons (Fsp3) is 0.350. The van der Waals surface area contributed by atoms with Gasteiger partial charge in [-0.1, -0.05) is 30.3 Å². The van der Waals surface area contributed by atoms with E-state index < -0.39 is 0 Å². The van der Waals surface area contributed by atoms with E-state index >= 15 is 0 Å². The highest BCUT2D eigenvalue weighted by Gasteiger charge is 2.09. The molecular weight excluding hydrogens is 356 g/mol. The summed E-state index contributed by atoms with van der Waals surface area (Å²) in [5.74, 6) is 1.93. The van der Waals surface area contributed by atoms with Crippen LogP contribution in [0.25, 0.3) is 0 Å². The molecule has 0 atom stereocenters. The maximum atomic E-state index is 4.52. The summed E-state index contributed by atoms with van der Waals surface area (Å²) in [4.78, 5) is 15.5. The largest absolute Gasteiger partial charge is 0.356 e. The number of aryl methyl sites for hydroxylation is 1. The molecule has 0 aliphatic heterocycles. The standard InChI is InChI=1S/C20H26N6S/c1-16-24-18(15-27-16)14-25(3)20(21-2)23-10-9-19-22-11-12-26(19)13-17-7-5-4-6-8-17/h4-8,11-12,15H,9-10,13-14H2,1-3H3,(H,21,23). The van der Waals surface area contributed by atoms with E-state index in [4.69, 9.17) is 0 Å². The Labute approximate surface area is 164 Å². The minimum absolute atomic E-state index is 0.743. The van der Waals surface area contributed by atoms with Crippen LogP contribution >= 0.6 is 11.3 Å². The molecule has 0 radical (unpaired) electrons. The van der Waals surface area contributed by atoms with Gasteiger partial charge in [-0.15, -0.1) is 11.3 Å². The number of nitrogens with zero attached hydrogens (tertiary/aromatic N) is 5. The van der Waals surface area contributed by atoms with Gasteiger partial charge in [0.25, 0.3) is 0 Å². The number of thiazole rings is 1. The van der Waals surface area contributed by atoms with Crippen LogP contribution in [0.2, 0.25) is 0 Å². The number of aromatic nitrogens is 3. The smallest absolute Gasteiger partial charge is 0.193 e. The summed E-state index contributed by atoms with van der Waals surface area (Å²) in [6, 6.07) is 10.4. The van der Waals surface area contributed by atoms with Crippen LogP contribution in [0.15, 0.2) is 53.1 Å². The van der Waals surface area contributed by atoms with Crippen molar-refractivity contribution in [1.29, 1.82) is 0 Å². The third kappa shape index (κ3) is 5.40. The Kier molecular flexibility index (Phi) is 6.59. The van der Waals surface area contributed by atoms with Crippen LogP contribution in [0.5, 0.6) is 0 Å². The minimum Gasteiger partial charge on any atom is -0.356 e. The van der Waals surface area contributed by atoms with Crippen LogP contribution in [0.4, 0.5) is 0 Å².